The lowest BCUT2D eigenvalue weighted by molar-refractivity contribution is -0.137. The Morgan fingerprint density at radius 1 is 1.35 bits per heavy atom. The molecule has 1 aromatic carbocycles. The smallest absolute Gasteiger partial charge is 0.304 e. The summed E-state index contributed by atoms with van der Waals surface area (Å²) in [7, 11) is 1.86. The Kier molecular flexibility index (Phi) is 6.21. The molecule has 6 heteroatoms. The van der Waals surface area contributed by atoms with Crippen LogP contribution in [0, 0.1) is 0 Å². The first-order chi connectivity index (χ1) is 9.15. The summed E-state index contributed by atoms with van der Waals surface area (Å²) in [5.74, 6) is -0.209. The van der Waals surface area contributed by atoms with Gasteiger partial charge in [0.1, 0.15) is 6.26 Å². The lowest BCUT2D eigenvalue weighted by Gasteiger charge is -2.12. The lowest BCUT2D eigenvalue weighted by Crippen LogP contribution is -2.21. The molecule has 2 rings (SSSR count). The third-order valence-electron chi connectivity index (χ3n) is 2.71. The highest BCUT2D eigenvalue weighted by Gasteiger charge is 2.09. The standard InChI is InChI=1S/C14H16N2O3.ClH/c1-16(8-7-13(17)18)9-12-10-19-14(15-12)11-5-3-2-4-6-11;/h2-6,10H,7-9H2,1H3,(H,17,18);1H. The fourth-order valence-electron chi connectivity index (χ4n) is 1.74. The van der Waals surface area contributed by atoms with Gasteiger partial charge in [0.05, 0.1) is 12.1 Å². The van der Waals surface area contributed by atoms with E-state index in [4.69, 9.17) is 9.52 Å². The van der Waals surface area contributed by atoms with Gasteiger partial charge in [-0.2, -0.15) is 0 Å². The highest BCUT2D eigenvalue weighted by molar-refractivity contribution is 5.85. The molecular weight excluding hydrogens is 280 g/mol. The molecule has 2 aromatic rings. The van der Waals surface area contributed by atoms with E-state index >= 15 is 0 Å². The molecule has 0 aliphatic carbocycles. The molecule has 0 amide bonds. The van der Waals surface area contributed by atoms with E-state index in [2.05, 4.69) is 4.98 Å². The number of oxazole rings is 1. The van der Waals surface area contributed by atoms with Gasteiger partial charge in [-0.05, 0) is 19.2 Å². The van der Waals surface area contributed by atoms with Gasteiger partial charge in [-0.15, -0.1) is 12.4 Å². The number of rotatable bonds is 6. The van der Waals surface area contributed by atoms with Crippen molar-refractivity contribution in [1.29, 1.82) is 0 Å². The Morgan fingerprint density at radius 2 is 2.05 bits per heavy atom. The number of hydrogen-bond donors (Lipinski definition) is 1. The lowest BCUT2D eigenvalue weighted by atomic mass is 10.2. The second-order valence-corrected chi connectivity index (χ2v) is 4.39. The highest BCUT2D eigenvalue weighted by atomic mass is 35.5. The number of benzene rings is 1. The highest BCUT2D eigenvalue weighted by Crippen LogP contribution is 2.18. The molecule has 0 spiro atoms. The van der Waals surface area contributed by atoms with E-state index in [9.17, 15) is 4.79 Å². The van der Waals surface area contributed by atoms with Gasteiger partial charge in [-0.3, -0.25) is 9.69 Å². The normalized spacial score (nSPS) is 10.3. The Bertz CT molecular complexity index is 542. The van der Waals surface area contributed by atoms with E-state index in [1.54, 1.807) is 6.26 Å². The van der Waals surface area contributed by atoms with Crippen molar-refractivity contribution in [3.8, 4) is 11.5 Å². The average Bonchev–Trinajstić information content (AvgIpc) is 2.86. The zero-order valence-corrected chi connectivity index (χ0v) is 12.0. The molecule has 0 atom stereocenters. The molecule has 0 bridgehead atoms. The van der Waals surface area contributed by atoms with Gasteiger partial charge in [0.2, 0.25) is 5.89 Å². The zero-order chi connectivity index (χ0) is 13.7. The van der Waals surface area contributed by atoms with Crippen molar-refractivity contribution in [2.75, 3.05) is 13.6 Å². The van der Waals surface area contributed by atoms with Gasteiger partial charge in [0.15, 0.2) is 0 Å². The fourth-order valence-corrected chi connectivity index (χ4v) is 1.74. The van der Waals surface area contributed by atoms with Crippen LogP contribution >= 0.6 is 12.4 Å². The molecule has 1 N–H and O–H groups in total. The molecule has 1 aromatic heterocycles. The van der Waals surface area contributed by atoms with E-state index in [-0.39, 0.29) is 18.8 Å². The van der Waals surface area contributed by atoms with Crippen LogP contribution in [0.4, 0.5) is 0 Å². The van der Waals surface area contributed by atoms with Crippen molar-refractivity contribution in [2.24, 2.45) is 0 Å². The van der Waals surface area contributed by atoms with Gasteiger partial charge in [-0.1, -0.05) is 18.2 Å². The van der Waals surface area contributed by atoms with E-state index in [1.165, 1.54) is 0 Å². The maximum atomic E-state index is 10.5. The van der Waals surface area contributed by atoms with Crippen LogP contribution in [0.5, 0.6) is 0 Å². The van der Waals surface area contributed by atoms with E-state index < -0.39 is 5.97 Å². The monoisotopic (exact) mass is 296 g/mol. The molecule has 0 radical (unpaired) electrons. The summed E-state index contributed by atoms with van der Waals surface area (Å²) in [6.45, 7) is 1.06. The molecule has 0 saturated heterocycles. The predicted molar refractivity (Wildman–Crippen MR) is 77.8 cm³/mol. The second-order valence-electron chi connectivity index (χ2n) is 4.39. The van der Waals surface area contributed by atoms with Crippen LogP contribution in [0.1, 0.15) is 12.1 Å². The van der Waals surface area contributed by atoms with Crippen molar-refractivity contribution in [2.45, 2.75) is 13.0 Å². The maximum absolute atomic E-state index is 10.5. The van der Waals surface area contributed by atoms with E-state index in [0.29, 0.717) is 19.0 Å². The summed E-state index contributed by atoms with van der Waals surface area (Å²) in [6, 6.07) is 9.66. The minimum Gasteiger partial charge on any atom is -0.481 e. The SMILES string of the molecule is CN(CCC(=O)O)Cc1coc(-c2ccccc2)n1.Cl. The van der Waals surface area contributed by atoms with Crippen LogP contribution < -0.4 is 0 Å². The minimum absolute atomic E-state index is 0. The quantitative estimate of drug-likeness (QED) is 0.887. The third kappa shape index (κ3) is 4.68. The zero-order valence-electron chi connectivity index (χ0n) is 11.2. The fraction of sp³-hybridized carbons (Fsp3) is 0.286. The number of halogens is 1. The summed E-state index contributed by atoms with van der Waals surface area (Å²) in [6.07, 6.45) is 1.74. The molecule has 0 unspecified atom stereocenters. The Morgan fingerprint density at radius 3 is 2.70 bits per heavy atom. The summed E-state index contributed by atoms with van der Waals surface area (Å²) >= 11 is 0. The van der Waals surface area contributed by atoms with Crippen LogP contribution in [-0.2, 0) is 11.3 Å². The van der Waals surface area contributed by atoms with Gasteiger partial charge in [0, 0.05) is 18.7 Å². The molecule has 0 aliphatic rings. The molecule has 0 saturated carbocycles. The van der Waals surface area contributed by atoms with Crippen molar-refractivity contribution in [1.82, 2.24) is 9.88 Å². The van der Waals surface area contributed by atoms with E-state index in [1.807, 2.05) is 42.3 Å². The average molecular weight is 297 g/mol. The largest absolute Gasteiger partial charge is 0.481 e. The molecule has 0 aliphatic heterocycles. The summed E-state index contributed by atoms with van der Waals surface area (Å²) in [5, 5.41) is 8.62. The molecule has 1 heterocycles. The van der Waals surface area contributed by atoms with Crippen LogP contribution in [0.15, 0.2) is 41.0 Å². The molecule has 108 valence electrons. The van der Waals surface area contributed by atoms with Gasteiger partial charge < -0.3 is 9.52 Å². The first-order valence-corrected chi connectivity index (χ1v) is 6.05. The number of aromatic nitrogens is 1. The third-order valence-corrected chi connectivity index (χ3v) is 2.71. The Balaban J connectivity index is 0.00000200. The summed E-state index contributed by atoms with van der Waals surface area (Å²) < 4.78 is 5.42. The van der Waals surface area contributed by atoms with Crippen LogP contribution in [-0.4, -0.2) is 34.6 Å². The number of aliphatic carboxylic acids is 1. The number of carboxylic acid groups (broad SMARTS) is 1. The van der Waals surface area contributed by atoms with Crippen LogP contribution in [0.3, 0.4) is 0 Å². The van der Waals surface area contributed by atoms with Crippen molar-refractivity contribution in [3.63, 3.8) is 0 Å². The molecule has 20 heavy (non-hydrogen) atoms. The maximum Gasteiger partial charge on any atom is 0.304 e. The van der Waals surface area contributed by atoms with Crippen molar-refractivity contribution < 1.29 is 14.3 Å². The number of nitrogens with zero attached hydrogens (tertiary/aromatic N) is 2. The molecular formula is C14H17ClN2O3. The number of hydrogen-bond acceptors (Lipinski definition) is 4. The van der Waals surface area contributed by atoms with Crippen molar-refractivity contribution in [3.05, 3.63) is 42.3 Å². The predicted octanol–water partition coefficient (Wildman–Crippen LogP) is 2.67. The van der Waals surface area contributed by atoms with Gasteiger partial charge >= 0.3 is 5.97 Å². The first-order valence-electron chi connectivity index (χ1n) is 6.05. The van der Waals surface area contributed by atoms with Gasteiger partial charge in [-0.25, -0.2) is 4.98 Å². The molecule has 0 fully saturated rings. The second kappa shape index (κ2) is 7.67. The van der Waals surface area contributed by atoms with Crippen LogP contribution in [0.25, 0.3) is 11.5 Å². The van der Waals surface area contributed by atoms with E-state index in [0.717, 1.165) is 11.3 Å². The number of carbonyl (C=O) groups is 1. The molecule has 5 nitrogen and oxygen atoms in total. The van der Waals surface area contributed by atoms with Crippen LogP contribution in [0.2, 0.25) is 0 Å². The summed E-state index contributed by atoms with van der Waals surface area (Å²) in [4.78, 5) is 16.8. The summed E-state index contributed by atoms with van der Waals surface area (Å²) in [5.41, 5.74) is 1.73. The van der Waals surface area contributed by atoms with Crippen molar-refractivity contribution >= 4 is 18.4 Å². The minimum atomic E-state index is -0.794. The number of carboxylic acids is 1. The topological polar surface area (TPSA) is 66.6 Å². The Labute approximate surface area is 123 Å². The first kappa shape index (κ1) is 16.2. The Hall–Kier alpha value is -1.85. The van der Waals surface area contributed by atoms with Gasteiger partial charge in [0.25, 0.3) is 0 Å².